The van der Waals surface area contributed by atoms with E-state index >= 15 is 0 Å². The molecule has 0 aliphatic heterocycles. The minimum absolute atomic E-state index is 0.152. The number of aliphatic carboxylic acids is 1. The standard InChI is InChI=1S/C92H173NO8/c1-6-8-10-12-14-16-18-20-22-24-26-28-30-32-34-36-38-40-42-43-44-45-46-47-49-51-53-55-57-59-61-63-65-67-69-71-73-75-77-79-81-83-90(95)101-88(87-100-92(91(96)97)98-85-84-93(3,4)5)86-99-89(94)82-80-78-76-74-72-70-68-66-64-62-60-58-56-54-52-50-48-41-39-37-35-33-31-29-27-25-23-21-19-17-15-13-11-9-7-2/h8,10,14,16,20,22,26,28,88,92H,6-7,9,11-13,15,17-19,21,23-25,27,29-87H2,1-5H3/b10-8-,16-14-,22-20-,28-26-. The van der Waals surface area contributed by atoms with Crippen LogP contribution in [0.1, 0.15) is 463 Å². The average Bonchev–Trinajstić information content (AvgIpc) is 1.21. The summed E-state index contributed by atoms with van der Waals surface area (Å²) in [5.74, 6) is -2.24. The third-order valence-electron chi connectivity index (χ3n) is 20.6. The number of ether oxygens (including phenoxy) is 4. The summed E-state index contributed by atoms with van der Waals surface area (Å²) in [6.45, 7) is 4.73. The van der Waals surface area contributed by atoms with Gasteiger partial charge in [0, 0.05) is 12.8 Å². The molecule has 9 nitrogen and oxygen atoms in total. The molecule has 0 aromatic rings. The lowest BCUT2D eigenvalue weighted by molar-refractivity contribution is -0.870. The molecule has 0 saturated heterocycles. The normalized spacial score (nSPS) is 12.8. The Morgan fingerprint density at radius 1 is 0.307 bits per heavy atom. The number of quaternary nitrogens is 1. The van der Waals surface area contributed by atoms with Gasteiger partial charge >= 0.3 is 11.9 Å². The van der Waals surface area contributed by atoms with Crippen LogP contribution in [0.2, 0.25) is 0 Å². The van der Waals surface area contributed by atoms with Gasteiger partial charge in [-0.15, -0.1) is 0 Å². The molecule has 0 fully saturated rings. The molecule has 0 amide bonds. The van der Waals surface area contributed by atoms with Gasteiger partial charge in [0.25, 0.3) is 0 Å². The van der Waals surface area contributed by atoms with Crippen LogP contribution in [0.4, 0.5) is 0 Å². The second-order valence-electron chi connectivity index (χ2n) is 31.9. The molecule has 0 aromatic heterocycles. The number of esters is 2. The van der Waals surface area contributed by atoms with E-state index in [0.717, 1.165) is 64.2 Å². The van der Waals surface area contributed by atoms with Gasteiger partial charge in [-0.25, -0.2) is 0 Å². The Morgan fingerprint density at radius 2 is 0.564 bits per heavy atom. The predicted molar refractivity (Wildman–Crippen MR) is 436 cm³/mol. The van der Waals surface area contributed by atoms with Crippen molar-refractivity contribution in [3.63, 3.8) is 0 Å². The number of carbonyl (C=O) groups excluding carboxylic acids is 3. The highest BCUT2D eigenvalue weighted by molar-refractivity contribution is 5.70. The van der Waals surface area contributed by atoms with Crippen molar-refractivity contribution >= 4 is 17.9 Å². The van der Waals surface area contributed by atoms with Gasteiger partial charge < -0.3 is 33.3 Å². The maximum Gasteiger partial charge on any atom is 0.306 e. The average molecular weight is 1420 g/mol. The largest absolute Gasteiger partial charge is 0.545 e. The van der Waals surface area contributed by atoms with Crippen LogP contribution in [0.3, 0.4) is 0 Å². The predicted octanol–water partition coefficient (Wildman–Crippen LogP) is 27.8. The van der Waals surface area contributed by atoms with Gasteiger partial charge in [-0.1, -0.05) is 448 Å². The van der Waals surface area contributed by atoms with Gasteiger partial charge in [-0.2, -0.15) is 0 Å². The second kappa shape index (κ2) is 82.9. The van der Waals surface area contributed by atoms with Crippen molar-refractivity contribution < 1.29 is 42.9 Å². The topological polar surface area (TPSA) is 111 Å². The van der Waals surface area contributed by atoms with Crippen LogP contribution in [-0.4, -0.2) is 82.3 Å². The summed E-state index contributed by atoms with van der Waals surface area (Å²) in [5, 5.41) is 11.9. The lowest BCUT2D eigenvalue weighted by Gasteiger charge is -2.26. The Hall–Kier alpha value is -2.75. The number of hydrogen-bond donors (Lipinski definition) is 0. The lowest BCUT2D eigenvalue weighted by atomic mass is 10.0. The van der Waals surface area contributed by atoms with E-state index in [1.54, 1.807) is 0 Å². The zero-order chi connectivity index (χ0) is 73.2. The van der Waals surface area contributed by atoms with Crippen molar-refractivity contribution in [2.75, 3.05) is 47.5 Å². The molecule has 594 valence electrons. The number of hydrogen-bond acceptors (Lipinski definition) is 8. The summed E-state index contributed by atoms with van der Waals surface area (Å²) in [5.41, 5.74) is 0. The van der Waals surface area contributed by atoms with Crippen molar-refractivity contribution in [1.29, 1.82) is 0 Å². The van der Waals surface area contributed by atoms with Crippen molar-refractivity contribution in [2.45, 2.75) is 476 Å². The highest BCUT2D eigenvalue weighted by Gasteiger charge is 2.22. The highest BCUT2D eigenvalue weighted by Crippen LogP contribution is 2.21. The van der Waals surface area contributed by atoms with Gasteiger partial charge in [0.2, 0.25) is 0 Å². The molecule has 0 rings (SSSR count). The lowest BCUT2D eigenvalue weighted by Crippen LogP contribution is -2.44. The fraction of sp³-hybridized carbons (Fsp3) is 0.880. The number of likely N-dealkylation sites (N-methyl/N-ethyl adjacent to an activating group) is 1. The highest BCUT2D eigenvalue weighted by atomic mass is 16.7. The van der Waals surface area contributed by atoms with Crippen LogP contribution in [0.25, 0.3) is 0 Å². The van der Waals surface area contributed by atoms with Crippen LogP contribution in [-0.2, 0) is 33.3 Å². The quantitative estimate of drug-likeness (QED) is 0.0195. The molecule has 0 bridgehead atoms. The van der Waals surface area contributed by atoms with Crippen molar-refractivity contribution in [3.05, 3.63) is 48.6 Å². The first-order valence-corrected chi connectivity index (χ1v) is 44.8. The van der Waals surface area contributed by atoms with E-state index < -0.39 is 24.3 Å². The van der Waals surface area contributed by atoms with E-state index in [-0.39, 0.29) is 32.2 Å². The van der Waals surface area contributed by atoms with Crippen LogP contribution < -0.4 is 5.11 Å². The van der Waals surface area contributed by atoms with Crippen molar-refractivity contribution in [3.8, 4) is 0 Å². The van der Waals surface area contributed by atoms with Gasteiger partial charge in [-0.3, -0.25) is 9.59 Å². The molecule has 0 saturated carbocycles. The van der Waals surface area contributed by atoms with E-state index in [4.69, 9.17) is 18.9 Å². The first-order valence-electron chi connectivity index (χ1n) is 44.8. The number of carbonyl (C=O) groups is 3. The first kappa shape index (κ1) is 98.2. The molecule has 2 unspecified atom stereocenters. The van der Waals surface area contributed by atoms with Crippen molar-refractivity contribution in [1.82, 2.24) is 0 Å². The van der Waals surface area contributed by atoms with E-state index in [2.05, 4.69) is 62.5 Å². The monoisotopic (exact) mass is 1420 g/mol. The molecule has 0 aromatic carbocycles. The Balaban J connectivity index is 3.88. The maximum atomic E-state index is 13.0. The van der Waals surface area contributed by atoms with Crippen LogP contribution in [0.5, 0.6) is 0 Å². The van der Waals surface area contributed by atoms with E-state index in [1.165, 1.54) is 372 Å². The third-order valence-corrected chi connectivity index (χ3v) is 20.6. The summed E-state index contributed by atoms with van der Waals surface area (Å²) in [6.07, 6.45) is 107. The van der Waals surface area contributed by atoms with E-state index in [9.17, 15) is 19.5 Å². The zero-order valence-corrected chi connectivity index (χ0v) is 68.3. The van der Waals surface area contributed by atoms with Gasteiger partial charge in [-0.05, 0) is 51.4 Å². The Labute approximate surface area is 629 Å². The zero-order valence-electron chi connectivity index (χ0n) is 68.3. The molecule has 0 heterocycles. The molecule has 0 spiro atoms. The third kappa shape index (κ3) is 84.4. The number of carboxylic acid groups (broad SMARTS) is 1. The first-order chi connectivity index (χ1) is 49.6. The van der Waals surface area contributed by atoms with Crippen LogP contribution in [0.15, 0.2) is 48.6 Å². The fourth-order valence-corrected chi connectivity index (χ4v) is 13.8. The Morgan fingerprint density at radius 3 is 0.842 bits per heavy atom. The van der Waals surface area contributed by atoms with Gasteiger partial charge in [0.05, 0.1) is 40.3 Å². The van der Waals surface area contributed by atoms with Crippen LogP contribution >= 0.6 is 0 Å². The van der Waals surface area contributed by atoms with E-state index in [0.29, 0.717) is 17.4 Å². The number of carboxylic acids is 1. The van der Waals surface area contributed by atoms with Crippen LogP contribution in [0, 0.1) is 0 Å². The Kier molecular flexibility index (Phi) is 80.6. The minimum atomic E-state index is -1.62. The molecular formula is C92H173NO8. The molecule has 101 heavy (non-hydrogen) atoms. The summed E-state index contributed by atoms with van der Waals surface area (Å²) in [7, 11) is 5.96. The Bertz CT molecular complexity index is 1800. The molecule has 0 aliphatic carbocycles. The van der Waals surface area contributed by atoms with E-state index in [1.807, 2.05) is 21.1 Å². The SMILES string of the molecule is CC/C=C\C/C=C\C/C=C\C/C=C\CCCCCCCCCCCCCCCCCCCCCCCCCCCCCCC(=O)OC(COC(=O)CCCCCCCCCCCCCCCCCCCCCCCCCCCCCCCCCCCCC)COC(OCC[N+](C)(C)C)C(=O)[O-]. The van der Waals surface area contributed by atoms with Gasteiger partial charge in [0.15, 0.2) is 12.4 Å². The number of nitrogens with zero attached hydrogens (tertiary/aromatic N) is 1. The number of unbranched alkanes of at least 4 members (excludes halogenated alkanes) is 62. The number of rotatable bonds is 85. The smallest absolute Gasteiger partial charge is 0.306 e. The maximum absolute atomic E-state index is 13.0. The minimum Gasteiger partial charge on any atom is -0.545 e. The summed E-state index contributed by atoms with van der Waals surface area (Å²) < 4.78 is 22.9. The fourth-order valence-electron chi connectivity index (χ4n) is 13.8. The molecular weight excluding hydrogens is 1250 g/mol. The molecule has 0 N–H and O–H groups in total. The van der Waals surface area contributed by atoms with Gasteiger partial charge in [0.1, 0.15) is 13.2 Å². The molecule has 2 atom stereocenters. The molecule has 0 radical (unpaired) electrons. The molecule has 9 heteroatoms. The van der Waals surface area contributed by atoms with Crippen molar-refractivity contribution in [2.24, 2.45) is 0 Å². The number of allylic oxidation sites excluding steroid dienone is 8. The summed E-state index contributed by atoms with van der Waals surface area (Å²) in [4.78, 5) is 37.7. The second-order valence-corrected chi connectivity index (χ2v) is 31.9. The summed E-state index contributed by atoms with van der Waals surface area (Å²) in [6, 6.07) is 0. The summed E-state index contributed by atoms with van der Waals surface area (Å²) >= 11 is 0. The molecule has 0 aliphatic rings.